The highest BCUT2D eigenvalue weighted by Crippen LogP contribution is 2.22. The molecule has 0 bridgehead atoms. The molecule has 3 heteroatoms. The smallest absolute Gasteiger partial charge is 0.100 e. The SMILES string of the molecule is CC(C)CCC[C@@H](C)CCC[C@@H](C)CCCC(C)CCOCC(O)CO. The number of hydrogen-bond donors (Lipinski definition) is 2. The molecule has 3 nitrogen and oxygen atoms in total. The molecule has 0 rings (SSSR count). The first-order valence-electron chi connectivity index (χ1n) is 11.2. The van der Waals surface area contributed by atoms with E-state index in [1.807, 2.05) is 0 Å². The van der Waals surface area contributed by atoms with E-state index in [4.69, 9.17) is 9.84 Å². The van der Waals surface area contributed by atoms with Gasteiger partial charge in [0.05, 0.1) is 13.2 Å². The van der Waals surface area contributed by atoms with Crippen molar-refractivity contribution >= 4 is 0 Å². The van der Waals surface area contributed by atoms with Gasteiger partial charge in [-0.15, -0.1) is 0 Å². The molecule has 0 fully saturated rings. The quantitative estimate of drug-likeness (QED) is 0.298. The minimum Gasteiger partial charge on any atom is -0.394 e. The Balaban J connectivity index is 3.51. The Bertz CT molecular complexity index is 293. The zero-order valence-electron chi connectivity index (χ0n) is 18.4. The molecule has 2 N–H and O–H groups in total. The van der Waals surface area contributed by atoms with Gasteiger partial charge < -0.3 is 14.9 Å². The van der Waals surface area contributed by atoms with Crippen molar-refractivity contribution in [3.05, 3.63) is 0 Å². The highest BCUT2D eigenvalue weighted by atomic mass is 16.5. The monoisotopic (exact) mass is 372 g/mol. The third-order valence-electron chi connectivity index (χ3n) is 5.54. The van der Waals surface area contributed by atoms with Crippen LogP contribution >= 0.6 is 0 Å². The first-order chi connectivity index (χ1) is 12.3. The van der Waals surface area contributed by atoms with Crippen LogP contribution in [0.25, 0.3) is 0 Å². The van der Waals surface area contributed by atoms with E-state index < -0.39 is 6.10 Å². The number of aliphatic hydroxyl groups excluding tert-OH is 2. The van der Waals surface area contributed by atoms with Gasteiger partial charge in [-0.2, -0.15) is 0 Å². The Hall–Kier alpha value is -0.120. The average Bonchev–Trinajstić information content (AvgIpc) is 2.58. The highest BCUT2D eigenvalue weighted by Gasteiger charge is 2.08. The topological polar surface area (TPSA) is 49.7 Å². The van der Waals surface area contributed by atoms with E-state index in [2.05, 4.69) is 34.6 Å². The minimum atomic E-state index is -0.732. The Morgan fingerprint density at radius 1 is 0.654 bits per heavy atom. The molecule has 0 heterocycles. The van der Waals surface area contributed by atoms with E-state index in [-0.39, 0.29) is 13.2 Å². The van der Waals surface area contributed by atoms with Gasteiger partial charge in [0.2, 0.25) is 0 Å². The lowest BCUT2D eigenvalue weighted by Crippen LogP contribution is -2.20. The fourth-order valence-electron chi connectivity index (χ4n) is 3.49. The molecule has 0 aliphatic heterocycles. The van der Waals surface area contributed by atoms with Gasteiger partial charge in [0, 0.05) is 6.61 Å². The summed E-state index contributed by atoms with van der Waals surface area (Å²) in [6.45, 7) is 12.5. The molecule has 0 aromatic carbocycles. The predicted molar refractivity (Wildman–Crippen MR) is 112 cm³/mol. The molecule has 0 aromatic rings. The van der Waals surface area contributed by atoms with Crippen molar-refractivity contribution in [1.29, 1.82) is 0 Å². The molecule has 0 aromatic heterocycles. The molecule has 0 saturated carbocycles. The maximum Gasteiger partial charge on any atom is 0.100 e. The van der Waals surface area contributed by atoms with E-state index in [9.17, 15) is 5.11 Å². The molecule has 26 heavy (non-hydrogen) atoms. The molecular formula is C23H48O3. The molecule has 4 atom stereocenters. The summed E-state index contributed by atoms with van der Waals surface area (Å²) in [5.74, 6) is 3.27. The van der Waals surface area contributed by atoms with Gasteiger partial charge in [-0.25, -0.2) is 0 Å². The Morgan fingerprint density at radius 2 is 1.08 bits per heavy atom. The summed E-state index contributed by atoms with van der Waals surface area (Å²) in [4.78, 5) is 0. The van der Waals surface area contributed by atoms with Crippen LogP contribution in [0.15, 0.2) is 0 Å². The molecule has 158 valence electrons. The van der Waals surface area contributed by atoms with Crippen LogP contribution in [-0.4, -0.2) is 36.1 Å². The van der Waals surface area contributed by atoms with Crippen molar-refractivity contribution in [3.8, 4) is 0 Å². The predicted octanol–water partition coefficient (Wildman–Crippen LogP) is 5.82. The van der Waals surface area contributed by atoms with Crippen LogP contribution < -0.4 is 0 Å². The summed E-state index contributed by atoms with van der Waals surface area (Å²) in [6, 6.07) is 0. The summed E-state index contributed by atoms with van der Waals surface area (Å²) in [5, 5.41) is 18.0. The van der Waals surface area contributed by atoms with Crippen LogP contribution in [0.2, 0.25) is 0 Å². The molecule has 0 radical (unpaired) electrons. The molecule has 0 amide bonds. The van der Waals surface area contributed by atoms with E-state index in [1.54, 1.807) is 0 Å². The first-order valence-corrected chi connectivity index (χ1v) is 11.2. The van der Waals surface area contributed by atoms with Crippen molar-refractivity contribution in [1.82, 2.24) is 0 Å². The number of ether oxygens (including phenoxy) is 1. The van der Waals surface area contributed by atoms with E-state index >= 15 is 0 Å². The molecule has 0 spiro atoms. The molecule has 0 aliphatic carbocycles. The number of hydrogen-bond acceptors (Lipinski definition) is 3. The Morgan fingerprint density at radius 3 is 1.50 bits per heavy atom. The van der Waals surface area contributed by atoms with Gasteiger partial charge in [-0.05, 0) is 30.1 Å². The van der Waals surface area contributed by atoms with Gasteiger partial charge in [-0.1, -0.05) is 92.4 Å². The Kier molecular flexibility index (Phi) is 16.9. The van der Waals surface area contributed by atoms with Crippen molar-refractivity contribution in [2.75, 3.05) is 19.8 Å². The van der Waals surface area contributed by atoms with Gasteiger partial charge in [0.25, 0.3) is 0 Å². The maximum atomic E-state index is 9.22. The van der Waals surface area contributed by atoms with Crippen molar-refractivity contribution in [2.24, 2.45) is 23.7 Å². The standard InChI is InChI=1S/C23H48O3/c1-19(2)9-6-10-20(3)11-7-12-21(4)13-8-14-22(5)15-16-26-18-23(25)17-24/h19-25H,6-18H2,1-5H3/t20-,21-,22?,23?/m1/s1. The second-order valence-corrected chi connectivity index (χ2v) is 9.20. The van der Waals surface area contributed by atoms with Crippen molar-refractivity contribution in [3.63, 3.8) is 0 Å². The van der Waals surface area contributed by atoms with Crippen LogP contribution in [0.4, 0.5) is 0 Å². The Labute approximate surface area is 163 Å². The molecular weight excluding hydrogens is 324 g/mol. The van der Waals surface area contributed by atoms with Crippen LogP contribution in [-0.2, 0) is 4.74 Å². The third kappa shape index (κ3) is 17.3. The molecule has 0 saturated heterocycles. The first kappa shape index (κ1) is 25.9. The van der Waals surface area contributed by atoms with E-state index in [0.717, 1.165) is 24.2 Å². The minimum absolute atomic E-state index is 0.218. The van der Waals surface area contributed by atoms with Gasteiger partial charge >= 0.3 is 0 Å². The maximum absolute atomic E-state index is 9.22. The van der Waals surface area contributed by atoms with Crippen LogP contribution in [0.1, 0.15) is 98.8 Å². The lowest BCUT2D eigenvalue weighted by atomic mass is 9.91. The second kappa shape index (κ2) is 17.0. The average molecular weight is 373 g/mol. The summed E-state index contributed by atoms with van der Waals surface area (Å²) >= 11 is 0. The van der Waals surface area contributed by atoms with Gasteiger partial charge in [0.1, 0.15) is 6.10 Å². The lowest BCUT2D eigenvalue weighted by Gasteiger charge is -2.16. The lowest BCUT2D eigenvalue weighted by molar-refractivity contribution is 0.00294. The summed E-state index contributed by atoms with van der Waals surface area (Å²) in [5.41, 5.74) is 0. The van der Waals surface area contributed by atoms with E-state index in [0.29, 0.717) is 12.5 Å². The van der Waals surface area contributed by atoms with Crippen LogP contribution in [0, 0.1) is 23.7 Å². The van der Waals surface area contributed by atoms with Crippen molar-refractivity contribution < 1.29 is 14.9 Å². The normalized spacial score (nSPS) is 16.6. The van der Waals surface area contributed by atoms with Crippen LogP contribution in [0.5, 0.6) is 0 Å². The fraction of sp³-hybridized carbons (Fsp3) is 1.00. The number of aliphatic hydroxyl groups is 2. The third-order valence-corrected chi connectivity index (χ3v) is 5.54. The molecule has 2 unspecified atom stereocenters. The number of rotatable bonds is 18. The fourth-order valence-corrected chi connectivity index (χ4v) is 3.49. The summed E-state index contributed by atoms with van der Waals surface area (Å²) in [6.07, 6.45) is 12.6. The van der Waals surface area contributed by atoms with Gasteiger partial charge in [-0.3, -0.25) is 0 Å². The largest absolute Gasteiger partial charge is 0.394 e. The van der Waals surface area contributed by atoms with Crippen LogP contribution in [0.3, 0.4) is 0 Å². The summed E-state index contributed by atoms with van der Waals surface area (Å²) < 4.78 is 5.39. The summed E-state index contributed by atoms with van der Waals surface area (Å²) in [7, 11) is 0. The van der Waals surface area contributed by atoms with Crippen molar-refractivity contribution in [2.45, 2.75) is 105 Å². The second-order valence-electron chi connectivity index (χ2n) is 9.20. The zero-order valence-corrected chi connectivity index (χ0v) is 18.4. The van der Waals surface area contributed by atoms with E-state index in [1.165, 1.54) is 57.8 Å². The molecule has 0 aliphatic rings. The zero-order chi connectivity index (χ0) is 19.8. The van der Waals surface area contributed by atoms with Gasteiger partial charge in [0.15, 0.2) is 0 Å². The highest BCUT2D eigenvalue weighted by molar-refractivity contribution is 4.61.